The molecular weight excluding hydrogens is 410 g/mol. The van der Waals surface area contributed by atoms with Crippen molar-refractivity contribution in [3.8, 4) is 0 Å². The monoisotopic (exact) mass is 443 g/mol. The van der Waals surface area contributed by atoms with Crippen molar-refractivity contribution in [1.29, 1.82) is 0 Å². The van der Waals surface area contributed by atoms with Gasteiger partial charge in [0.1, 0.15) is 36.6 Å². The molecule has 5 heterocycles. The zero-order valence-electron chi connectivity index (χ0n) is 19.2. The highest BCUT2D eigenvalue weighted by Crippen LogP contribution is 2.43. The van der Waals surface area contributed by atoms with Gasteiger partial charge in [-0.15, -0.1) is 0 Å². The van der Waals surface area contributed by atoms with Crippen molar-refractivity contribution in [3.05, 3.63) is 0 Å². The van der Waals surface area contributed by atoms with E-state index in [1.807, 2.05) is 41.5 Å². The van der Waals surface area contributed by atoms with Crippen LogP contribution in [0.3, 0.4) is 0 Å². The van der Waals surface area contributed by atoms with Gasteiger partial charge in [-0.3, -0.25) is 0 Å². The SMILES string of the molecule is CO[C@H]1O[C@H]([C@H]2CC([C@H]3OC(C)(C)O[C@@H]3[C@H]3COC(C)(C)O3)=NO2)[C@@H]2OC(C)(C)O[C@H]12. The van der Waals surface area contributed by atoms with E-state index in [0.717, 1.165) is 5.71 Å². The molecule has 0 unspecified atom stereocenters. The maximum atomic E-state index is 6.21. The lowest BCUT2D eigenvalue weighted by Crippen LogP contribution is -2.43. The van der Waals surface area contributed by atoms with Gasteiger partial charge in [-0.25, -0.2) is 0 Å². The molecule has 0 saturated carbocycles. The Hall–Kier alpha value is -0.850. The summed E-state index contributed by atoms with van der Waals surface area (Å²) in [6, 6.07) is 0. The first kappa shape index (κ1) is 22.0. The fraction of sp³-hybridized carbons (Fsp3) is 0.952. The van der Waals surface area contributed by atoms with Gasteiger partial charge >= 0.3 is 0 Å². The fourth-order valence-electron chi connectivity index (χ4n) is 5.04. The molecule has 5 aliphatic heterocycles. The van der Waals surface area contributed by atoms with E-state index in [1.54, 1.807) is 7.11 Å². The van der Waals surface area contributed by atoms with Crippen LogP contribution in [0.1, 0.15) is 48.0 Å². The first-order valence-corrected chi connectivity index (χ1v) is 10.9. The molecule has 31 heavy (non-hydrogen) atoms. The third-order valence-electron chi connectivity index (χ3n) is 6.22. The minimum Gasteiger partial charge on any atom is -0.389 e. The Kier molecular flexibility index (Phi) is 5.19. The number of oxime groups is 1. The van der Waals surface area contributed by atoms with Crippen LogP contribution in [-0.4, -0.2) is 85.8 Å². The molecule has 0 aromatic heterocycles. The van der Waals surface area contributed by atoms with Crippen LogP contribution in [0.15, 0.2) is 5.16 Å². The maximum absolute atomic E-state index is 6.21. The molecule has 10 heteroatoms. The zero-order valence-corrected chi connectivity index (χ0v) is 19.2. The molecule has 0 aromatic carbocycles. The second-order valence-corrected chi connectivity index (χ2v) is 10.1. The normalized spacial score (nSPS) is 47.4. The summed E-state index contributed by atoms with van der Waals surface area (Å²) < 4.78 is 47.8. The topological polar surface area (TPSA) is 95.4 Å². The summed E-state index contributed by atoms with van der Waals surface area (Å²) in [4.78, 5) is 5.82. The standard InChI is InChI=1S/C21H33NO9/c1-19(2)24-9-12(26-19)15-13(27-20(3,4)28-15)10-8-11(31-22-10)14-16-17(18(23-7)25-14)30-21(5,6)29-16/h11-18H,8-9H2,1-7H3/t11-,12-,13-,14-,15-,16+,17+,18+/m1/s1. The molecule has 5 aliphatic rings. The average Bonchev–Trinajstić information content (AvgIpc) is 3.43. The molecule has 8 atom stereocenters. The van der Waals surface area contributed by atoms with Crippen molar-refractivity contribution in [2.75, 3.05) is 13.7 Å². The van der Waals surface area contributed by atoms with Crippen LogP contribution in [0.25, 0.3) is 0 Å². The van der Waals surface area contributed by atoms with Gasteiger partial charge in [0.15, 0.2) is 29.8 Å². The van der Waals surface area contributed by atoms with E-state index in [-0.39, 0.29) is 36.6 Å². The first-order valence-electron chi connectivity index (χ1n) is 10.9. The van der Waals surface area contributed by atoms with Crippen LogP contribution in [0.2, 0.25) is 0 Å². The largest absolute Gasteiger partial charge is 0.389 e. The average molecular weight is 443 g/mol. The second-order valence-electron chi connectivity index (χ2n) is 10.1. The summed E-state index contributed by atoms with van der Waals surface area (Å²) in [5.74, 6) is -2.13. The van der Waals surface area contributed by atoms with Crippen LogP contribution in [0.4, 0.5) is 0 Å². The van der Waals surface area contributed by atoms with E-state index >= 15 is 0 Å². The Labute approximate surface area is 182 Å². The highest BCUT2D eigenvalue weighted by atomic mass is 16.8. The zero-order chi connectivity index (χ0) is 22.2. The summed E-state index contributed by atoms with van der Waals surface area (Å²) in [5, 5.41) is 4.37. The van der Waals surface area contributed by atoms with Crippen LogP contribution in [0.5, 0.6) is 0 Å². The molecule has 0 amide bonds. The molecule has 176 valence electrons. The first-order chi connectivity index (χ1) is 14.5. The molecule has 5 rings (SSSR count). The molecule has 4 fully saturated rings. The highest BCUT2D eigenvalue weighted by Gasteiger charge is 2.60. The highest BCUT2D eigenvalue weighted by molar-refractivity contribution is 5.90. The van der Waals surface area contributed by atoms with Crippen LogP contribution < -0.4 is 0 Å². The van der Waals surface area contributed by atoms with Crippen molar-refractivity contribution in [2.24, 2.45) is 5.16 Å². The summed E-state index contributed by atoms with van der Waals surface area (Å²) in [5.41, 5.74) is 0.757. The number of ether oxygens (including phenoxy) is 8. The van der Waals surface area contributed by atoms with Crippen molar-refractivity contribution in [3.63, 3.8) is 0 Å². The van der Waals surface area contributed by atoms with E-state index in [9.17, 15) is 0 Å². The van der Waals surface area contributed by atoms with E-state index in [0.29, 0.717) is 13.0 Å². The Morgan fingerprint density at radius 1 is 0.774 bits per heavy atom. The second kappa shape index (κ2) is 7.33. The minimum absolute atomic E-state index is 0.263. The number of hydrogen-bond donors (Lipinski definition) is 0. The lowest BCUT2D eigenvalue weighted by atomic mass is 9.96. The molecular formula is C21H33NO9. The smallest absolute Gasteiger partial charge is 0.186 e. The molecule has 0 N–H and O–H groups in total. The van der Waals surface area contributed by atoms with E-state index in [1.165, 1.54) is 0 Å². The van der Waals surface area contributed by atoms with E-state index in [4.69, 9.17) is 42.7 Å². The number of hydrogen-bond acceptors (Lipinski definition) is 10. The van der Waals surface area contributed by atoms with Crippen molar-refractivity contribution in [1.82, 2.24) is 0 Å². The molecule has 0 bridgehead atoms. The lowest BCUT2D eigenvalue weighted by Gasteiger charge is -2.26. The summed E-state index contributed by atoms with van der Waals surface area (Å²) in [6.45, 7) is 11.7. The quantitative estimate of drug-likeness (QED) is 0.643. The van der Waals surface area contributed by atoms with Crippen molar-refractivity contribution < 1.29 is 42.7 Å². The van der Waals surface area contributed by atoms with Gasteiger partial charge in [0.25, 0.3) is 0 Å². The molecule has 0 radical (unpaired) electrons. The maximum Gasteiger partial charge on any atom is 0.186 e. The Morgan fingerprint density at radius 3 is 2.13 bits per heavy atom. The summed E-state index contributed by atoms with van der Waals surface area (Å²) in [6.07, 6.45) is -2.37. The minimum atomic E-state index is -0.769. The number of methoxy groups -OCH3 is 1. The van der Waals surface area contributed by atoms with Crippen LogP contribution in [-0.2, 0) is 42.7 Å². The third kappa shape index (κ3) is 4.02. The number of rotatable bonds is 4. The third-order valence-corrected chi connectivity index (χ3v) is 6.22. The number of fused-ring (bicyclic) bond motifs is 1. The van der Waals surface area contributed by atoms with Gasteiger partial charge in [-0.1, -0.05) is 5.16 Å². The Balaban J connectivity index is 1.29. The van der Waals surface area contributed by atoms with Gasteiger partial charge in [-0.05, 0) is 41.5 Å². The van der Waals surface area contributed by atoms with Gasteiger partial charge in [0, 0.05) is 13.5 Å². The predicted molar refractivity (Wildman–Crippen MR) is 105 cm³/mol. The van der Waals surface area contributed by atoms with Crippen molar-refractivity contribution in [2.45, 2.75) is 114 Å². The van der Waals surface area contributed by atoms with Gasteiger partial charge in [-0.2, -0.15) is 0 Å². The molecule has 0 aliphatic carbocycles. The molecule has 0 aromatic rings. The molecule has 0 spiro atoms. The lowest BCUT2D eigenvalue weighted by molar-refractivity contribution is -0.238. The summed E-state index contributed by atoms with van der Waals surface area (Å²) >= 11 is 0. The van der Waals surface area contributed by atoms with Gasteiger partial charge in [0.2, 0.25) is 0 Å². The molecule has 10 nitrogen and oxygen atoms in total. The van der Waals surface area contributed by atoms with Gasteiger partial charge < -0.3 is 42.7 Å². The van der Waals surface area contributed by atoms with Gasteiger partial charge in [0.05, 0.1) is 12.3 Å². The predicted octanol–water partition coefficient (Wildman–Crippen LogP) is 1.69. The van der Waals surface area contributed by atoms with E-state index < -0.39 is 29.8 Å². The van der Waals surface area contributed by atoms with E-state index in [2.05, 4.69) is 5.16 Å². The Bertz CT molecular complexity index is 738. The fourth-order valence-corrected chi connectivity index (χ4v) is 5.04. The summed E-state index contributed by atoms with van der Waals surface area (Å²) in [7, 11) is 1.60. The molecule has 4 saturated heterocycles. The van der Waals surface area contributed by atoms with Crippen LogP contribution in [0, 0.1) is 0 Å². The Morgan fingerprint density at radius 2 is 1.45 bits per heavy atom. The van der Waals surface area contributed by atoms with Crippen molar-refractivity contribution >= 4 is 5.71 Å². The number of nitrogens with zero attached hydrogens (tertiary/aromatic N) is 1. The van der Waals surface area contributed by atoms with Crippen LogP contribution >= 0.6 is 0 Å².